The predicted octanol–water partition coefficient (Wildman–Crippen LogP) is 3.00. The van der Waals surface area contributed by atoms with Crippen LogP contribution >= 0.6 is 0 Å². The van der Waals surface area contributed by atoms with Crippen LogP contribution in [0, 0.1) is 11.8 Å². The SMILES string of the molecule is N[C@@H]1C2CCC[C@@H]1C1=C(CCCC1)C2. The first-order chi connectivity index (χ1) is 6.86. The summed E-state index contributed by atoms with van der Waals surface area (Å²) in [6, 6.07) is 0.514. The van der Waals surface area contributed by atoms with E-state index in [1.807, 2.05) is 5.57 Å². The minimum Gasteiger partial charge on any atom is -0.327 e. The Morgan fingerprint density at radius 1 is 1.00 bits per heavy atom. The fraction of sp³-hybridized carbons (Fsp3) is 0.846. The fourth-order valence-corrected chi connectivity index (χ4v) is 3.95. The van der Waals surface area contributed by atoms with Crippen LogP contribution in [0.1, 0.15) is 51.4 Å². The lowest BCUT2D eigenvalue weighted by molar-refractivity contribution is 0.213. The molecule has 1 heteroatoms. The van der Waals surface area contributed by atoms with Crippen LogP contribution in [0.25, 0.3) is 0 Å². The standard InChI is InChI=1S/C13H21N/c14-13-10-5-3-7-12(13)11-6-2-1-4-9(11)8-10/h10,12-13H,1-8,14H2/t10?,12-,13-/m1/s1. The summed E-state index contributed by atoms with van der Waals surface area (Å²) in [6.07, 6.45) is 11.2. The Kier molecular flexibility index (Phi) is 2.16. The lowest BCUT2D eigenvalue weighted by atomic mass is 9.63. The summed E-state index contributed by atoms with van der Waals surface area (Å²) < 4.78 is 0. The third kappa shape index (κ3) is 1.25. The maximum absolute atomic E-state index is 6.36. The van der Waals surface area contributed by atoms with Gasteiger partial charge in [-0.2, -0.15) is 0 Å². The lowest BCUT2D eigenvalue weighted by Crippen LogP contribution is -2.45. The summed E-state index contributed by atoms with van der Waals surface area (Å²) in [7, 11) is 0. The second-order valence-electron chi connectivity index (χ2n) is 5.41. The summed E-state index contributed by atoms with van der Waals surface area (Å²) in [5, 5.41) is 0. The van der Waals surface area contributed by atoms with Gasteiger partial charge in [-0.3, -0.25) is 0 Å². The zero-order chi connectivity index (χ0) is 9.54. The summed E-state index contributed by atoms with van der Waals surface area (Å²) in [4.78, 5) is 0. The highest BCUT2D eigenvalue weighted by Crippen LogP contribution is 2.47. The Balaban J connectivity index is 1.95. The van der Waals surface area contributed by atoms with Gasteiger partial charge >= 0.3 is 0 Å². The monoisotopic (exact) mass is 191 g/mol. The Labute approximate surface area is 86.8 Å². The highest BCUT2D eigenvalue weighted by molar-refractivity contribution is 5.26. The van der Waals surface area contributed by atoms with Crippen molar-refractivity contribution in [2.24, 2.45) is 17.6 Å². The van der Waals surface area contributed by atoms with Crippen LogP contribution in [-0.4, -0.2) is 6.04 Å². The van der Waals surface area contributed by atoms with Gasteiger partial charge < -0.3 is 5.73 Å². The van der Waals surface area contributed by atoms with Crippen molar-refractivity contribution < 1.29 is 0 Å². The van der Waals surface area contributed by atoms with Gasteiger partial charge in [0.05, 0.1) is 0 Å². The molecular weight excluding hydrogens is 170 g/mol. The quantitative estimate of drug-likeness (QED) is 0.585. The molecular formula is C13H21N. The number of nitrogens with two attached hydrogens (primary N) is 1. The Morgan fingerprint density at radius 3 is 2.79 bits per heavy atom. The third-order valence-electron chi connectivity index (χ3n) is 4.68. The minimum atomic E-state index is 0.514. The molecule has 78 valence electrons. The molecule has 3 atom stereocenters. The van der Waals surface area contributed by atoms with E-state index in [4.69, 9.17) is 5.73 Å². The van der Waals surface area contributed by atoms with E-state index in [-0.39, 0.29) is 0 Å². The van der Waals surface area contributed by atoms with Crippen LogP contribution in [-0.2, 0) is 0 Å². The minimum absolute atomic E-state index is 0.514. The first kappa shape index (κ1) is 8.96. The van der Waals surface area contributed by atoms with E-state index in [9.17, 15) is 0 Å². The number of rotatable bonds is 0. The summed E-state index contributed by atoms with van der Waals surface area (Å²) in [6.45, 7) is 0. The van der Waals surface area contributed by atoms with Crippen molar-refractivity contribution in [3.05, 3.63) is 11.1 Å². The molecule has 1 fully saturated rings. The molecule has 0 radical (unpaired) electrons. The van der Waals surface area contributed by atoms with Crippen molar-refractivity contribution in [2.75, 3.05) is 0 Å². The predicted molar refractivity (Wildman–Crippen MR) is 58.9 cm³/mol. The smallest absolute Gasteiger partial charge is 0.0136 e. The van der Waals surface area contributed by atoms with Crippen molar-refractivity contribution in [2.45, 2.75) is 57.4 Å². The van der Waals surface area contributed by atoms with Gasteiger partial charge in [0.1, 0.15) is 0 Å². The Morgan fingerprint density at radius 2 is 1.86 bits per heavy atom. The van der Waals surface area contributed by atoms with Crippen molar-refractivity contribution in [1.82, 2.24) is 0 Å². The van der Waals surface area contributed by atoms with E-state index in [1.165, 1.54) is 51.4 Å². The van der Waals surface area contributed by atoms with Crippen LogP contribution in [0.4, 0.5) is 0 Å². The third-order valence-corrected chi connectivity index (χ3v) is 4.68. The molecule has 3 rings (SSSR count). The normalized spacial score (nSPS) is 42.2. The van der Waals surface area contributed by atoms with E-state index in [2.05, 4.69) is 0 Å². The van der Waals surface area contributed by atoms with Crippen LogP contribution in [0.5, 0.6) is 0 Å². The van der Waals surface area contributed by atoms with Crippen molar-refractivity contribution in [3.63, 3.8) is 0 Å². The molecule has 1 nitrogen and oxygen atoms in total. The summed E-state index contributed by atoms with van der Waals surface area (Å²) in [5.41, 5.74) is 9.99. The van der Waals surface area contributed by atoms with E-state index in [0.29, 0.717) is 6.04 Å². The average Bonchev–Trinajstić information content (AvgIpc) is 2.18. The number of hydrogen-bond acceptors (Lipinski definition) is 1. The molecule has 0 heterocycles. The summed E-state index contributed by atoms with van der Waals surface area (Å²) in [5.74, 6) is 1.63. The van der Waals surface area contributed by atoms with Gasteiger partial charge in [0.15, 0.2) is 0 Å². The molecule has 2 bridgehead atoms. The maximum atomic E-state index is 6.36. The largest absolute Gasteiger partial charge is 0.327 e. The molecule has 0 saturated heterocycles. The highest BCUT2D eigenvalue weighted by atomic mass is 14.7. The van der Waals surface area contributed by atoms with Crippen LogP contribution in [0.2, 0.25) is 0 Å². The number of allylic oxidation sites excluding steroid dienone is 1. The van der Waals surface area contributed by atoms with Gasteiger partial charge in [-0.25, -0.2) is 0 Å². The molecule has 0 aromatic rings. The van der Waals surface area contributed by atoms with Crippen molar-refractivity contribution in [1.29, 1.82) is 0 Å². The molecule has 0 aromatic carbocycles. The molecule has 0 spiro atoms. The van der Waals surface area contributed by atoms with Gasteiger partial charge in [-0.05, 0) is 56.8 Å². The van der Waals surface area contributed by atoms with E-state index >= 15 is 0 Å². The van der Waals surface area contributed by atoms with E-state index < -0.39 is 0 Å². The van der Waals surface area contributed by atoms with Gasteiger partial charge in [0, 0.05) is 6.04 Å². The zero-order valence-corrected chi connectivity index (χ0v) is 8.97. The lowest BCUT2D eigenvalue weighted by Gasteiger charge is -2.44. The molecule has 0 amide bonds. The van der Waals surface area contributed by atoms with E-state index in [0.717, 1.165) is 11.8 Å². The van der Waals surface area contributed by atoms with Crippen molar-refractivity contribution >= 4 is 0 Å². The van der Waals surface area contributed by atoms with Gasteiger partial charge in [-0.15, -0.1) is 0 Å². The van der Waals surface area contributed by atoms with Crippen LogP contribution in [0.15, 0.2) is 11.1 Å². The second-order valence-corrected chi connectivity index (χ2v) is 5.41. The molecule has 1 saturated carbocycles. The molecule has 3 aliphatic carbocycles. The first-order valence-electron chi connectivity index (χ1n) is 6.32. The molecule has 0 aliphatic heterocycles. The van der Waals surface area contributed by atoms with Gasteiger partial charge in [-0.1, -0.05) is 17.6 Å². The van der Waals surface area contributed by atoms with Gasteiger partial charge in [0.2, 0.25) is 0 Å². The molecule has 14 heavy (non-hydrogen) atoms. The molecule has 2 N–H and O–H groups in total. The van der Waals surface area contributed by atoms with Crippen LogP contribution in [0.3, 0.4) is 0 Å². The number of fused-ring (bicyclic) bond motifs is 3. The zero-order valence-electron chi connectivity index (χ0n) is 8.97. The van der Waals surface area contributed by atoms with Crippen LogP contribution < -0.4 is 5.73 Å². The Hall–Kier alpha value is -0.300. The highest BCUT2D eigenvalue weighted by Gasteiger charge is 2.38. The van der Waals surface area contributed by atoms with Crippen molar-refractivity contribution in [3.8, 4) is 0 Å². The first-order valence-corrected chi connectivity index (χ1v) is 6.32. The molecule has 0 aromatic heterocycles. The van der Waals surface area contributed by atoms with E-state index in [1.54, 1.807) is 5.57 Å². The molecule has 1 unspecified atom stereocenters. The average molecular weight is 191 g/mol. The number of hydrogen-bond donors (Lipinski definition) is 1. The maximum Gasteiger partial charge on any atom is 0.0136 e. The summed E-state index contributed by atoms with van der Waals surface area (Å²) >= 11 is 0. The second kappa shape index (κ2) is 3.37. The Bertz CT molecular complexity index is 266. The fourth-order valence-electron chi connectivity index (χ4n) is 3.95. The van der Waals surface area contributed by atoms with Gasteiger partial charge in [0.25, 0.3) is 0 Å². The molecule has 3 aliphatic rings. The topological polar surface area (TPSA) is 26.0 Å².